The highest BCUT2D eigenvalue weighted by molar-refractivity contribution is 9.10. The lowest BCUT2D eigenvalue weighted by Gasteiger charge is -2.28. The molecule has 5 nitrogen and oxygen atoms in total. The number of aliphatic hydroxyl groups excluding tert-OH is 1. The molecule has 0 heterocycles. The van der Waals surface area contributed by atoms with Gasteiger partial charge in [0.1, 0.15) is 0 Å². The summed E-state index contributed by atoms with van der Waals surface area (Å²) < 4.78 is 27.8. The van der Waals surface area contributed by atoms with Crippen LogP contribution < -0.4 is 4.72 Å². The second kappa shape index (κ2) is 7.19. The van der Waals surface area contributed by atoms with Crippen LogP contribution in [0.3, 0.4) is 0 Å². The van der Waals surface area contributed by atoms with Gasteiger partial charge in [-0.25, -0.2) is 13.1 Å². The molecule has 0 amide bonds. The average Bonchev–Trinajstić information content (AvgIpc) is 2.34. The summed E-state index contributed by atoms with van der Waals surface area (Å²) in [5.74, 6) is 0. The van der Waals surface area contributed by atoms with E-state index in [0.717, 1.165) is 6.54 Å². The van der Waals surface area contributed by atoms with Crippen LogP contribution in [0.2, 0.25) is 0 Å². The van der Waals surface area contributed by atoms with Crippen molar-refractivity contribution in [2.45, 2.75) is 25.3 Å². The van der Waals surface area contributed by atoms with Crippen LogP contribution in [-0.2, 0) is 16.6 Å². The molecule has 0 aromatic heterocycles. The molecule has 0 aliphatic heterocycles. The Bertz CT molecular complexity index is 586. The van der Waals surface area contributed by atoms with E-state index in [2.05, 4.69) is 20.7 Å². The minimum absolute atomic E-state index is 0.123. The summed E-state index contributed by atoms with van der Waals surface area (Å²) in [6.45, 7) is 5.03. The summed E-state index contributed by atoms with van der Waals surface area (Å²) in [6.07, 6.45) is 0. The first-order valence-electron chi connectivity index (χ1n) is 6.61. The number of sulfonamides is 1. The fourth-order valence-electron chi connectivity index (χ4n) is 2.14. The smallest absolute Gasteiger partial charge is 0.241 e. The van der Waals surface area contributed by atoms with Crippen LogP contribution in [0, 0.1) is 5.41 Å². The van der Waals surface area contributed by atoms with E-state index < -0.39 is 10.0 Å². The fraction of sp³-hybridized carbons (Fsp3) is 0.571. The predicted molar refractivity (Wildman–Crippen MR) is 87.6 cm³/mol. The molecule has 2 N–H and O–H groups in total. The zero-order chi connectivity index (χ0) is 16.3. The van der Waals surface area contributed by atoms with E-state index in [1.165, 1.54) is 6.07 Å². The third kappa shape index (κ3) is 5.67. The minimum Gasteiger partial charge on any atom is -0.392 e. The maximum absolute atomic E-state index is 12.4. The first-order chi connectivity index (χ1) is 9.57. The zero-order valence-electron chi connectivity index (χ0n) is 12.9. The Morgan fingerprint density at radius 3 is 2.43 bits per heavy atom. The Hall–Kier alpha value is -0.470. The van der Waals surface area contributed by atoms with E-state index >= 15 is 0 Å². The first kappa shape index (κ1) is 18.6. The first-order valence-corrected chi connectivity index (χ1v) is 8.89. The van der Waals surface area contributed by atoms with Gasteiger partial charge < -0.3 is 10.0 Å². The van der Waals surface area contributed by atoms with E-state index in [0.29, 0.717) is 16.6 Å². The number of benzene rings is 1. The highest BCUT2D eigenvalue weighted by Gasteiger charge is 2.24. The van der Waals surface area contributed by atoms with Crippen LogP contribution >= 0.6 is 15.9 Å². The Morgan fingerprint density at radius 1 is 1.33 bits per heavy atom. The van der Waals surface area contributed by atoms with Crippen LogP contribution in [0.1, 0.15) is 19.4 Å². The van der Waals surface area contributed by atoms with Crippen molar-refractivity contribution in [2.75, 3.05) is 27.2 Å². The number of nitrogens with one attached hydrogen (secondary N) is 1. The van der Waals surface area contributed by atoms with Gasteiger partial charge in [0.15, 0.2) is 0 Å². The second-order valence-electron chi connectivity index (χ2n) is 6.15. The molecule has 1 aromatic rings. The molecule has 0 radical (unpaired) electrons. The van der Waals surface area contributed by atoms with Crippen molar-refractivity contribution in [3.63, 3.8) is 0 Å². The maximum Gasteiger partial charge on any atom is 0.241 e. The van der Waals surface area contributed by atoms with Gasteiger partial charge in [-0.2, -0.15) is 0 Å². The van der Waals surface area contributed by atoms with Gasteiger partial charge in [-0.3, -0.25) is 0 Å². The minimum atomic E-state index is -3.58. The van der Waals surface area contributed by atoms with Crippen LogP contribution in [0.15, 0.2) is 27.6 Å². The molecule has 120 valence electrons. The monoisotopic (exact) mass is 378 g/mol. The topological polar surface area (TPSA) is 69.6 Å². The number of hydrogen-bond acceptors (Lipinski definition) is 4. The highest BCUT2D eigenvalue weighted by Crippen LogP contribution is 2.24. The molecule has 0 bridgehead atoms. The van der Waals surface area contributed by atoms with Gasteiger partial charge in [-0.15, -0.1) is 0 Å². The maximum atomic E-state index is 12.4. The molecule has 0 aliphatic carbocycles. The third-order valence-corrected chi connectivity index (χ3v) is 5.33. The summed E-state index contributed by atoms with van der Waals surface area (Å²) in [4.78, 5) is 2.21. The highest BCUT2D eigenvalue weighted by atomic mass is 79.9. The number of aliphatic hydroxyl groups is 1. The SMILES string of the molecule is CN(C)CC(C)(C)CNS(=O)(=O)c1ccc(CO)cc1Br. The molecule has 1 rings (SSSR count). The number of hydrogen-bond donors (Lipinski definition) is 2. The number of halogens is 1. The fourth-order valence-corrected chi connectivity index (χ4v) is 4.51. The summed E-state index contributed by atoms with van der Waals surface area (Å²) in [5.41, 5.74) is 0.488. The molecule has 0 unspecified atom stereocenters. The average molecular weight is 379 g/mol. The molecule has 0 aliphatic rings. The van der Waals surface area contributed by atoms with Crippen molar-refractivity contribution < 1.29 is 13.5 Å². The lowest BCUT2D eigenvalue weighted by molar-refractivity contribution is 0.242. The van der Waals surface area contributed by atoms with Crippen molar-refractivity contribution >= 4 is 26.0 Å². The van der Waals surface area contributed by atoms with Crippen LogP contribution in [0.4, 0.5) is 0 Å². The summed E-state index contributed by atoms with van der Waals surface area (Å²) in [5, 5.41) is 9.06. The van der Waals surface area contributed by atoms with Crippen molar-refractivity contribution in [2.24, 2.45) is 5.41 Å². The largest absolute Gasteiger partial charge is 0.392 e. The standard InChI is InChI=1S/C14H23BrN2O3S/c1-14(2,10-17(3)4)9-16-21(19,20)13-6-5-11(8-18)7-12(13)15/h5-7,16,18H,8-10H2,1-4H3. The van der Waals surface area contributed by atoms with Gasteiger partial charge in [0, 0.05) is 17.6 Å². The lowest BCUT2D eigenvalue weighted by atomic mass is 9.93. The van der Waals surface area contributed by atoms with Crippen LogP contribution in [0.25, 0.3) is 0 Å². The molecule has 0 fully saturated rings. The molecule has 1 aromatic carbocycles. The van der Waals surface area contributed by atoms with Gasteiger partial charge in [0.25, 0.3) is 0 Å². The Morgan fingerprint density at radius 2 is 1.95 bits per heavy atom. The number of nitrogens with zero attached hydrogens (tertiary/aromatic N) is 1. The zero-order valence-corrected chi connectivity index (χ0v) is 15.3. The van der Waals surface area contributed by atoms with Crippen molar-refractivity contribution in [3.8, 4) is 0 Å². The molecule has 0 spiro atoms. The second-order valence-corrected chi connectivity index (χ2v) is 8.74. The van der Waals surface area contributed by atoms with E-state index in [1.807, 2.05) is 32.8 Å². The van der Waals surface area contributed by atoms with E-state index in [4.69, 9.17) is 5.11 Å². The summed E-state index contributed by atoms with van der Waals surface area (Å²) in [7, 11) is 0.336. The van der Waals surface area contributed by atoms with Crippen LogP contribution in [0.5, 0.6) is 0 Å². The van der Waals surface area contributed by atoms with Crippen LogP contribution in [-0.4, -0.2) is 45.6 Å². The molecular weight excluding hydrogens is 356 g/mol. The van der Waals surface area contributed by atoms with Gasteiger partial charge in [-0.05, 0) is 53.1 Å². The van der Waals surface area contributed by atoms with E-state index in [9.17, 15) is 8.42 Å². The molecule has 7 heteroatoms. The summed E-state index contributed by atoms with van der Waals surface area (Å²) >= 11 is 3.25. The van der Waals surface area contributed by atoms with Crippen molar-refractivity contribution in [1.82, 2.24) is 9.62 Å². The van der Waals surface area contributed by atoms with Gasteiger partial charge in [0.2, 0.25) is 10.0 Å². The normalized spacial score (nSPS) is 12.9. The Kier molecular flexibility index (Phi) is 6.36. The lowest BCUT2D eigenvalue weighted by Crippen LogP contribution is -2.40. The molecule has 0 saturated heterocycles. The molecule has 0 atom stereocenters. The summed E-state index contributed by atoms with van der Waals surface area (Å²) in [6, 6.07) is 4.71. The molecular formula is C14H23BrN2O3S. The number of rotatable bonds is 7. The van der Waals surface area contributed by atoms with Gasteiger partial charge in [0.05, 0.1) is 11.5 Å². The molecule has 0 saturated carbocycles. The Balaban J connectivity index is 2.87. The quantitative estimate of drug-likeness (QED) is 0.758. The van der Waals surface area contributed by atoms with Crippen molar-refractivity contribution in [1.29, 1.82) is 0 Å². The third-order valence-electron chi connectivity index (χ3n) is 2.95. The van der Waals surface area contributed by atoms with Gasteiger partial charge >= 0.3 is 0 Å². The Labute approximate surface area is 135 Å². The predicted octanol–water partition coefficient (Wildman–Crippen LogP) is 1.81. The van der Waals surface area contributed by atoms with Crippen molar-refractivity contribution in [3.05, 3.63) is 28.2 Å². The van der Waals surface area contributed by atoms with E-state index in [1.54, 1.807) is 12.1 Å². The van der Waals surface area contributed by atoms with Gasteiger partial charge in [-0.1, -0.05) is 19.9 Å². The van der Waals surface area contributed by atoms with E-state index in [-0.39, 0.29) is 16.9 Å². The molecule has 21 heavy (non-hydrogen) atoms.